The minimum atomic E-state index is -0.348. The molecule has 0 bridgehead atoms. The zero-order valence-corrected chi connectivity index (χ0v) is 9.42. The zero-order chi connectivity index (χ0) is 12.5. The van der Waals surface area contributed by atoms with Crippen LogP contribution in [0.2, 0.25) is 0 Å². The highest BCUT2D eigenvalue weighted by molar-refractivity contribution is 5.80. The van der Waals surface area contributed by atoms with Crippen molar-refractivity contribution in [3.05, 3.63) is 48.4 Å². The molecule has 18 heavy (non-hydrogen) atoms. The van der Waals surface area contributed by atoms with E-state index in [0.29, 0.717) is 17.9 Å². The number of hydrogen-bond acceptors (Lipinski definition) is 4. The highest BCUT2D eigenvalue weighted by Gasteiger charge is 2.06. The molecule has 0 atom stereocenters. The van der Waals surface area contributed by atoms with Crippen LogP contribution in [0.25, 0.3) is 16.6 Å². The Hall–Kier alpha value is -2.34. The Morgan fingerprint density at radius 1 is 1.22 bits per heavy atom. The van der Waals surface area contributed by atoms with Crippen molar-refractivity contribution in [2.75, 3.05) is 0 Å². The van der Waals surface area contributed by atoms with Crippen LogP contribution in [-0.4, -0.2) is 19.7 Å². The Morgan fingerprint density at radius 2 is 2.11 bits per heavy atom. The van der Waals surface area contributed by atoms with Crippen molar-refractivity contribution in [2.45, 2.75) is 6.54 Å². The van der Waals surface area contributed by atoms with Crippen molar-refractivity contribution < 1.29 is 4.39 Å². The van der Waals surface area contributed by atoms with Crippen LogP contribution in [0, 0.1) is 5.82 Å². The highest BCUT2D eigenvalue weighted by atomic mass is 19.1. The van der Waals surface area contributed by atoms with Gasteiger partial charge in [-0.2, -0.15) is 5.10 Å². The second kappa shape index (κ2) is 4.15. The van der Waals surface area contributed by atoms with Gasteiger partial charge < -0.3 is 5.73 Å². The summed E-state index contributed by atoms with van der Waals surface area (Å²) >= 11 is 0. The molecule has 3 rings (SSSR count). The fourth-order valence-corrected chi connectivity index (χ4v) is 1.83. The van der Waals surface area contributed by atoms with Crippen molar-refractivity contribution >= 4 is 10.9 Å². The van der Waals surface area contributed by atoms with Gasteiger partial charge >= 0.3 is 0 Å². The van der Waals surface area contributed by atoms with E-state index in [-0.39, 0.29) is 5.82 Å². The van der Waals surface area contributed by atoms with Crippen LogP contribution in [0.15, 0.2) is 36.8 Å². The second-order valence-electron chi connectivity index (χ2n) is 3.82. The molecule has 0 saturated carbocycles. The molecule has 90 valence electrons. The SMILES string of the molecule is NCc1ncnn1-c1ccc2cc(F)cnc2c1. The van der Waals surface area contributed by atoms with Crippen LogP contribution < -0.4 is 5.73 Å². The molecule has 6 heteroatoms. The molecule has 1 aromatic carbocycles. The number of hydrogen-bond donors (Lipinski definition) is 1. The lowest BCUT2D eigenvalue weighted by Crippen LogP contribution is -2.08. The molecular weight excluding hydrogens is 233 g/mol. The quantitative estimate of drug-likeness (QED) is 0.738. The van der Waals surface area contributed by atoms with Gasteiger partial charge in [-0.25, -0.2) is 14.1 Å². The predicted octanol–water partition coefficient (Wildman–Crippen LogP) is 1.41. The molecule has 2 heterocycles. The van der Waals surface area contributed by atoms with Gasteiger partial charge in [-0.1, -0.05) is 6.07 Å². The van der Waals surface area contributed by atoms with E-state index < -0.39 is 0 Å². The summed E-state index contributed by atoms with van der Waals surface area (Å²) in [4.78, 5) is 8.09. The lowest BCUT2D eigenvalue weighted by atomic mass is 10.2. The summed E-state index contributed by atoms with van der Waals surface area (Å²) in [6.45, 7) is 0.300. The first-order valence-electron chi connectivity index (χ1n) is 5.42. The molecule has 0 aliphatic heterocycles. The van der Waals surface area contributed by atoms with Crippen LogP contribution in [0.3, 0.4) is 0 Å². The number of rotatable bonds is 2. The number of aromatic nitrogens is 4. The maximum Gasteiger partial charge on any atom is 0.145 e. The summed E-state index contributed by atoms with van der Waals surface area (Å²) in [5.41, 5.74) is 7.08. The lowest BCUT2D eigenvalue weighted by Gasteiger charge is -2.05. The predicted molar refractivity (Wildman–Crippen MR) is 64.5 cm³/mol. The number of pyridine rings is 1. The average molecular weight is 243 g/mol. The van der Waals surface area contributed by atoms with E-state index >= 15 is 0 Å². The smallest absolute Gasteiger partial charge is 0.145 e. The largest absolute Gasteiger partial charge is 0.324 e. The van der Waals surface area contributed by atoms with Crippen LogP contribution in [-0.2, 0) is 6.54 Å². The van der Waals surface area contributed by atoms with Gasteiger partial charge in [0.15, 0.2) is 0 Å². The van der Waals surface area contributed by atoms with Gasteiger partial charge in [0.05, 0.1) is 23.9 Å². The summed E-state index contributed by atoms with van der Waals surface area (Å²) < 4.78 is 14.7. The first-order chi connectivity index (χ1) is 8.78. The standard InChI is InChI=1S/C12H10FN5/c13-9-3-8-1-2-10(4-11(8)15-6-9)18-12(5-14)16-7-17-18/h1-4,6-7H,5,14H2. The van der Waals surface area contributed by atoms with E-state index in [0.717, 1.165) is 11.1 Å². The number of nitrogens with zero attached hydrogens (tertiary/aromatic N) is 4. The molecule has 0 saturated heterocycles. The third-order valence-electron chi connectivity index (χ3n) is 2.68. The molecule has 0 radical (unpaired) electrons. The Kier molecular flexibility index (Phi) is 2.49. The number of fused-ring (bicyclic) bond motifs is 1. The van der Waals surface area contributed by atoms with Crippen LogP contribution >= 0.6 is 0 Å². The van der Waals surface area contributed by atoms with E-state index in [1.807, 2.05) is 12.1 Å². The molecule has 0 spiro atoms. The molecule has 3 aromatic rings. The first-order valence-corrected chi connectivity index (χ1v) is 5.42. The van der Waals surface area contributed by atoms with Gasteiger partial charge in [-0.05, 0) is 18.2 Å². The fourth-order valence-electron chi connectivity index (χ4n) is 1.83. The molecule has 0 aliphatic carbocycles. The summed E-state index contributed by atoms with van der Waals surface area (Å²) in [6, 6.07) is 6.89. The molecule has 2 aromatic heterocycles. The number of halogens is 1. The summed E-state index contributed by atoms with van der Waals surface area (Å²) in [6.07, 6.45) is 2.64. The van der Waals surface area contributed by atoms with Gasteiger partial charge in [0, 0.05) is 5.39 Å². The van der Waals surface area contributed by atoms with Gasteiger partial charge in [-0.3, -0.25) is 4.98 Å². The van der Waals surface area contributed by atoms with Gasteiger partial charge in [0.2, 0.25) is 0 Å². The van der Waals surface area contributed by atoms with E-state index in [9.17, 15) is 4.39 Å². The monoisotopic (exact) mass is 243 g/mol. The third-order valence-corrected chi connectivity index (χ3v) is 2.68. The lowest BCUT2D eigenvalue weighted by molar-refractivity contribution is 0.624. The van der Waals surface area contributed by atoms with E-state index in [1.165, 1.54) is 18.6 Å². The normalized spacial score (nSPS) is 11.0. The molecule has 0 amide bonds. The maximum absolute atomic E-state index is 13.0. The Bertz CT molecular complexity index is 707. The summed E-state index contributed by atoms with van der Waals surface area (Å²) in [5.74, 6) is 0.315. The van der Waals surface area contributed by atoms with Gasteiger partial charge in [-0.15, -0.1) is 0 Å². The summed E-state index contributed by atoms with van der Waals surface area (Å²) in [7, 11) is 0. The second-order valence-corrected chi connectivity index (χ2v) is 3.82. The zero-order valence-electron chi connectivity index (χ0n) is 9.42. The van der Waals surface area contributed by atoms with E-state index in [4.69, 9.17) is 5.73 Å². The Balaban J connectivity index is 2.16. The van der Waals surface area contributed by atoms with E-state index in [1.54, 1.807) is 10.7 Å². The molecule has 2 N–H and O–H groups in total. The molecule has 0 fully saturated rings. The Labute approximate surface area is 102 Å². The van der Waals surface area contributed by atoms with Crippen molar-refractivity contribution in [1.82, 2.24) is 19.7 Å². The Morgan fingerprint density at radius 3 is 2.94 bits per heavy atom. The fraction of sp³-hybridized carbons (Fsp3) is 0.0833. The average Bonchev–Trinajstić information content (AvgIpc) is 2.86. The molecular formula is C12H10FN5. The van der Waals surface area contributed by atoms with Gasteiger partial charge in [0.25, 0.3) is 0 Å². The molecule has 0 aliphatic rings. The maximum atomic E-state index is 13.0. The van der Waals surface area contributed by atoms with Crippen molar-refractivity contribution in [2.24, 2.45) is 5.73 Å². The van der Waals surface area contributed by atoms with Crippen LogP contribution in [0.4, 0.5) is 4.39 Å². The van der Waals surface area contributed by atoms with Crippen molar-refractivity contribution in [3.63, 3.8) is 0 Å². The van der Waals surface area contributed by atoms with Crippen molar-refractivity contribution in [3.8, 4) is 5.69 Å². The van der Waals surface area contributed by atoms with Gasteiger partial charge in [0.1, 0.15) is 18.0 Å². The topological polar surface area (TPSA) is 69.6 Å². The van der Waals surface area contributed by atoms with Crippen LogP contribution in [0.1, 0.15) is 5.82 Å². The number of nitrogens with two attached hydrogens (primary N) is 1. The van der Waals surface area contributed by atoms with Crippen LogP contribution in [0.5, 0.6) is 0 Å². The minimum Gasteiger partial charge on any atom is -0.324 e. The highest BCUT2D eigenvalue weighted by Crippen LogP contribution is 2.17. The molecule has 0 unspecified atom stereocenters. The first kappa shape index (κ1) is 10.8. The third kappa shape index (κ3) is 1.72. The number of benzene rings is 1. The van der Waals surface area contributed by atoms with E-state index in [2.05, 4.69) is 15.1 Å². The van der Waals surface area contributed by atoms with Crippen molar-refractivity contribution in [1.29, 1.82) is 0 Å². The summed E-state index contributed by atoms with van der Waals surface area (Å²) in [5, 5.41) is 4.85. The minimum absolute atomic E-state index is 0.300. The molecule has 5 nitrogen and oxygen atoms in total.